The number of hydrogen-bond donors (Lipinski definition) is 0. The summed E-state index contributed by atoms with van der Waals surface area (Å²) in [5, 5.41) is 0. The molecule has 5 nitrogen and oxygen atoms in total. The quantitative estimate of drug-likeness (QED) is 0.712. The number of carbonyl (C=O) groups excluding carboxylic acids is 2. The summed E-state index contributed by atoms with van der Waals surface area (Å²) >= 11 is 0. The molecule has 0 radical (unpaired) electrons. The van der Waals surface area contributed by atoms with Gasteiger partial charge in [-0.05, 0) is 19.4 Å². The van der Waals surface area contributed by atoms with E-state index in [1.807, 2.05) is 30.3 Å². The Morgan fingerprint density at radius 3 is 2.45 bits per heavy atom. The van der Waals surface area contributed by atoms with Crippen molar-refractivity contribution in [3.63, 3.8) is 0 Å². The van der Waals surface area contributed by atoms with Crippen LogP contribution in [0.25, 0.3) is 0 Å². The van der Waals surface area contributed by atoms with Crippen LogP contribution in [-0.2, 0) is 25.6 Å². The number of rotatable bonds is 7. The standard InChI is InChI=1S/C15H21NO4/c1-4-20-15(18)12(2)16(14(17)11-19-3)10-13-8-6-5-7-9-13/h5-9,12H,4,10-11H2,1-3H3. The Morgan fingerprint density at radius 2 is 1.90 bits per heavy atom. The maximum Gasteiger partial charge on any atom is 0.328 e. The average Bonchev–Trinajstić information content (AvgIpc) is 2.45. The number of hydrogen-bond acceptors (Lipinski definition) is 4. The molecular weight excluding hydrogens is 258 g/mol. The van der Waals surface area contributed by atoms with Crippen LogP contribution in [0.4, 0.5) is 0 Å². The zero-order chi connectivity index (χ0) is 15.0. The topological polar surface area (TPSA) is 55.8 Å². The summed E-state index contributed by atoms with van der Waals surface area (Å²) < 4.78 is 9.85. The third kappa shape index (κ3) is 4.66. The van der Waals surface area contributed by atoms with Crippen molar-refractivity contribution in [2.45, 2.75) is 26.4 Å². The summed E-state index contributed by atoms with van der Waals surface area (Å²) in [5.41, 5.74) is 0.952. The molecule has 0 spiro atoms. The largest absolute Gasteiger partial charge is 0.464 e. The van der Waals surface area contributed by atoms with Crippen LogP contribution in [0.2, 0.25) is 0 Å². The zero-order valence-electron chi connectivity index (χ0n) is 12.2. The minimum absolute atomic E-state index is 0.0589. The van der Waals surface area contributed by atoms with E-state index in [-0.39, 0.29) is 12.5 Å². The highest BCUT2D eigenvalue weighted by Gasteiger charge is 2.26. The predicted molar refractivity (Wildman–Crippen MR) is 75.0 cm³/mol. The van der Waals surface area contributed by atoms with Crippen molar-refractivity contribution in [3.05, 3.63) is 35.9 Å². The molecular formula is C15H21NO4. The number of benzene rings is 1. The van der Waals surface area contributed by atoms with Gasteiger partial charge in [-0.3, -0.25) is 4.79 Å². The minimum atomic E-state index is -0.641. The van der Waals surface area contributed by atoms with E-state index in [4.69, 9.17) is 9.47 Å². The Kier molecular flexibility index (Phi) is 6.73. The molecule has 0 aromatic heterocycles. The van der Waals surface area contributed by atoms with Crippen LogP contribution in [0.1, 0.15) is 19.4 Å². The first-order valence-electron chi connectivity index (χ1n) is 6.59. The van der Waals surface area contributed by atoms with E-state index in [1.165, 1.54) is 12.0 Å². The SMILES string of the molecule is CCOC(=O)C(C)N(Cc1ccccc1)C(=O)COC. The van der Waals surface area contributed by atoms with Crippen LogP contribution < -0.4 is 0 Å². The van der Waals surface area contributed by atoms with E-state index in [0.29, 0.717) is 13.2 Å². The number of carbonyl (C=O) groups is 2. The Hall–Kier alpha value is -1.88. The summed E-state index contributed by atoms with van der Waals surface area (Å²) in [7, 11) is 1.45. The first-order valence-corrected chi connectivity index (χ1v) is 6.59. The lowest BCUT2D eigenvalue weighted by atomic mass is 10.2. The molecule has 5 heteroatoms. The molecule has 20 heavy (non-hydrogen) atoms. The van der Waals surface area contributed by atoms with Gasteiger partial charge >= 0.3 is 5.97 Å². The van der Waals surface area contributed by atoms with Crippen LogP contribution in [0.5, 0.6) is 0 Å². The molecule has 110 valence electrons. The molecule has 1 aromatic rings. The molecule has 0 heterocycles. The van der Waals surface area contributed by atoms with Gasteiger partial charge in [0.1, 0.15) is 12.6 Å². The van der Waals surface area contributed by atoms with Crippen LogP contribution in [0.15, 0.2) is 30.3 Å². The fraction of sp³-hybridized carbons (Fsp3) is 0.467. The normalized spacial score (nSPS) is 11.8. The number of nitrogens with zero attached hydrogens (tertiary/aromatic N) is 1. The molecule has 0 N–H and O–H groups in total. The maximum atomic E-state index is 12.1. The van der Waals surface area contributed by atoms with Crippen molar-refractivity contribution in [3.8, 4) is 0 Å². The molecule has 0 fully saturated rings. The van der Waals surface area contributed by atoms with Gasteiger partial charge in [0.25, 0.3) is 0 Å². The lowest BCUT2D eigenvalue weighted by molar-refractivity contribution is -0.155. The smallest absolute Gasteiger partial charge is 0.328 e. The van der Waals surface area contributed by atoms with Gasteiger partial charge in [0.05, 0.1) is 6.61 Å². The zero-order valence-corrected chi connectivity index (χ0v) is 12.2. The van der Waals surface area contributed by atoms with Crippen molar-refractivity contribution >= 4 is 11.9 Å². The van der Waals surface area contributed by atoms with Gasteiger partial charge in [-0.1, -0.05) is 30.3 Å². The van der Waals surface area contributed by atoms with Crippen LogP contribution in [0.3, 0.4) is 0 Å². The Labute approximate surface area is 119 Å². The van der Waals surface area contributed by atoms with E-state index in [0.717, 1.165) is 5.56 Å². The number of esters is 1. The van der Waals surface area contributed by atoms with Crippen molar-refractivity contribution in [2.24, 2.45) is 0 Å². The molecule has 0 aliphatic carbocycles. The molecule has 0 saturated heterocycles. The Bertz CT molecular complexity index is 433. The van der Waals surface area contributed by atoms with Gasteiger partial charge < -0.3 is 14.4 Å². The van der Waals surface area contributed by atoms with E-state index in [9.17, 15) is 9.59 Å². The van der Waals surface area contributed by atoms with Crippen molar-refractivity contribution in [1.82, 2.24) is 4.90 Å². The van der Waals surface area contributed by atoms with Crippen LogP contribution in [0, 0.1) is 0 Å². The molecule has 1 amide bonds. The van der Waals surface area contributed by atoms with Gasteiger partial charge in [0.2, 0.25) is 5.91 Å². The van der Waals surface area contributed by atoms with Gasteiger partial charge in [0, 0.05) is 13.7 Å². The van der Waals surface area contributed by atoms with Gasteiger partial charge in [-0.25, -0.2) is 4.79 Å². The highest BCUT2D eigenvalue weighted by Crippen LogP contribution is 2.10. The third-order valence-corrected chi connectivity index (χ3v) is 2.88. The Balaban J connectivity index is 2.84. The highest BCUT2D eigenvalue weighted by molar-refractivity contribution is 5.84. The van der Waals surface area contributed by atoms with Crippen molar-refractivity contribution in [1.29, 1.82) is 0 Å². The number of ether oxygens (including phenoxy) is 2. The molecule has 0 bridgehead atoms. The second kappa shape index (κ2) is 8.32. The summed E-state index contributed by atoms with van der Waals surface area (Å²) in [6.45, 7) is 3.98. The third-order valence-electron chi connectivity index (χ3n) is 2.88. The van der Waals surface area contributed by atoms with E-state index < -0.39 is 12.0 Å². The van der Waals surface area contributed by atoms with Gasteiger partial charge in [0.15, 0.2) is 0 Å². The second-order valence-electron chi connectivity index (χ2n) is 4.37. The predicted octanol–water partition coefficient (Wildman–Crippen LogP) is 1.61. The minimum Gasteiger partial charge on any atom is -0.464 e. The fourth-order valence-corrected chi connectivity index (χ4v) is 1.82. The summed E-state index contributed by atoms with van der Waals surface area (Å²) in [6.07, 6.45) is 0. The van der Waals surface area contributed by atoms with E-state index >= 15 is 0 Å². The average molecular weight is 279 g/mol. The molecule has 1 rings (SSSR count). The summed E-state index contributed by atoms with van der Waals surface area (Å²) in [5.74, 6) is -0.648. The van der Waals surface area contributed by atoms with Crippen molar-refractivity contribution < 1.29 is 19.1 Å². The summed E-state index contributed by atoms with van der Waals surface area (Å²) in [6, 6.07) is 8.86. The molecule has 1 unspecified atom stereocenters. The molecule has 0 aliphatic heterocycles. The molecule has 0 aliphatic rings. The van der Waals surface area contributed by atoms with Gasteiger partial charge in [-0.15, -0.1) is 0 Å². The van der Waals surface area contributed by atoms with Gasteiger partial charge in [-0.2, -0.15) is 0 Å². The lowest BCUT2D eigenvalue weighted by Crippen LogP contribution is -2.45. The first-order chi connectivity index (χ1) is 9.60. The molecule has 0 saturated carbocycles. The summed E-state index contributed by atoms with van der Waals surface area (Å²) in [4.78, 5) is 25.4. The number of methoxy groups -OCH3 is 1. The molecule has 1 aromatic carbocycles. The maximum absolute atomic E-state index is 12.1. The first kappa shape index (κ1) is 16.2. The Morgan fingerprint density at radius 1 is 1.25 bits per heavy atom. The monoisotopic (exact) mass is 279 g/mol. The molecule has 1 atom stereocenters. The fourth-order valence-electron chi connectivity index (χ4n) is 1.82. The highest BCUT2D eigenvalue weighted by atomic mass is 16.5. The van der Waals surface area contributed by atoms with E-state index in [1.54, 1.807) is 13.8 Å². The number of amides is 1. The van der Waals surface area contributed by atoms with Crippen molar-refractivity contribution in [2.75, 3.05) is 20.3 Å². The van der Waals surface area contributed by atoms with E-state index in [2.05, 4.69) is 0 Å². The van der Waals surface area contributed by atoms with Crippen LogP contribution >= 0.6 is 0 Å². The lowest BCUT2D eigenvalue weighted by Gasteiger charge is -2.27. The van der Waals surface area contributed by atoms with Crippen LogP contribution in [-0.4, -0.2) is 43.1 Å². The second-order valence-corrected chi connectivity index (χ2v) is 4.37.